The van der Waals surface area contributed by atoms with E-state index in [1.807, 2.05) is 20.8 Å². The van der Waals surface area contributed by atoms with Gasteiger partial charge in [0.15, 0.2) is 0 Å². The number of ether oxygens (including phenoxy) is 2. The molecule has 1 fully saturated rings. The lowest BCUT2D eigenvalue weighted by atomic mass is 10.3. The van der Waals surface area contributed by atoms with Gasteiger partial charge in [0.1, 0.15) is 19.3 Å². The van der Waals surface area contributed by atoms with Crippen molar-refractivity contribution in [2.75, 3.05) is 19.8 Å². The molecule has 0 aromatic carbocycles. The molecule has 1 heterocycles. The molecule has 9 nitrogen and oxygen atoms in total. The van der Waals surface area contributed by atoms with Crippen LogP contribution in [-0.4, -0.2) is 67.6 Å². The second-order valence-electron chi connectivity index (χ2n) is 6.43. The van der Waals surface area contributed by atoms with Crippen molar-refractivity contribution in [3.8, 4) is 0 Å². The van der Waals surface area contributed by atoms with Crippen molar-refractivity contribution in [2.45, 2.75) is 42.3 Å². The molecule has 4 amide bonds. The number of carbonyl (C=O) groups is 4. The summed E-state index contributed by atoms with van der Waals surface area (Å²) in [5.74, 6) is 0. The maximum atomic E-state index is 12.5. The summed E-state index contributed by atoms with van der Waals surface area (Å²) in [5.41, 5.74) is 2.17. The molecule has 0 aromatic rings. The molecule has 1 rings (SSSR count). The highest BCUT2D eigenvalue weighted by molar-refractivity contribution is 8.14. The van der Waals surface area contributed by atoms with Gasteiger partial charge in [-0.15, -0.1) is 0 Å². The van der Waals surface area contributed by atoms with Gasteiger partial charge in [-0.1, -0.05) is 67.3 Å². The van der Waals surface area contributed by atoms with E-state index in [9.17, 15) is 19.2 Å². The molecule has 1 N–H and O–H groups in total. The Morgan fingerprint density at radius 2 is 1.93 bits per heavy atom. The van der Waals surface area contributed by atoms with E-state index < -0.39 is 44.5 Å². The quantitative estimate of drug-likeness (QED) is 0.504. The summed E-state index contributed by atoms with van der Waals surface area (Å²) in [4.78, 5) is 49.3. The molecule has 1 atom stereocenters. The molecular formula is C14H20Cl3N3O6S. The zero-order chi connectivity index (χ0) is 21.0. The number of hydrazine groups is 1. The number of hydrogen-bond donors (Lipinski definition) is 1. The number of carbonyl (C=O) groups excluding carboxylic acids is 4. The Balaban J connectivity index is 2.93. The zero-order valence-electron chi connectivity index (χ0n) is 15.1. The Hall–Kier alpha value is -1.10. The summed E-state index contributed by atoms with van der Waals surface area (Å²) < 4.78 is 7.20. The SMILES string of the molecule is C[C@@H](C(=O)SC(C)(C)C)N(NC(=O)N1CCOC1=O)C(=O)OCC(Cl)(Cl)Cl. The molecule has 13 heteroatoms. The van der Waals surface area contributed by atoms with Gasteiger partial charge < -0.3 is 9.47 Å². The molecule has 0 aliphatic carbocycles. The van der Waals surface area contributed by atoms with Crippen LogP contribution in [0.3, 0.4) is 0 Å². The third-order valence-electron chi connectivity index (χ3n) is 2.91. The maximum Gasteiger partial charge on any atom is 0.429 e. The molecule has 1 saturated heterocycles. The number of nitrogens with one attached hydrogen (secondary N) is 1. The summed E-state index contributed by atoms with van der Waals surface area (Å²) in [6.45, 7) is 6.24. The molecule has 0 unspecified atom stereocenters. The molecule has 0 bridgehead atoms. The van der Waals surface area contributed by atoms with Gasteiger partial charge in [0.25, 0.3) is 0 Å². The van der Waals surface area contributed by atoms with Crippen LogP contribution in [0, 0.1) is 0 Å². The highest BCUT2D eigenvalue weighted by atomic mass is 35.6. The van der Waals surface area contributed by atoms with Gasteiger partial charge in [0.2, 0.25) is 8.91 Å². The third-order valence-corrected chi connectivity index (χ3v) is 4.40. The van der Waals surface area contributed by atoms with Gasteiger partial charge >= 0.3 is 18.2 Å². The smallest absolute Gasteiger partial charge is 0.429 e. The zero-order valence-corrected chi connectivity index (χ0v) is 18.2. The molecular weight excluding hydrogens is 445 g/mol. The van der Waals surface area contributed by atoms with Crippen LogP contribution in [0.2, 0.25) is 0 Å². The molecule has 1 aliphatic rings. The van der Waals surface area contributed by atoms with Gasteiger partial charge in [-0.25, -0.2) is 29.7 Å². The highest BCUT2D eigenvalue weighted by Crippen LogP contribution is 2.28. The first-order valence-corrected chi connectivity index (χ1v) is 9.67. The van der Waals surface area contributed by atoms with Crippen molar-refractivity contribution in [3.05, 3.63) is 0 Å². The minimum Gasteiger partial charge on any atom is -0.447 e. The van der Waals surface area contributed by atoms with Gasteiger partial charge in [-0.2, -0.15) is 0 Å². The number of cyclic esters (lactones) is 1. The normalized spacial score (nSPS) is 15.8. The van der Waals surface area contributed by atoms with E-state index in [1.54, 1.807) is 0 Å². The Kier molecular flexibility index (Phi) is 8.33. The van der Waals surface area contributed by atoms with Crippen LogP contribution in [0.1, 0.15) is 27.7 Å². The lowest BCUT2D eigenvalue weighted by Gasteiger charge is -2.30. The average molecular weight is 465 g/mol. The van der Waals surface area contributed by atoms with Crippen molar-refractivity contribution >= 4 is 69.9 Å². The fraction of sp³-hybridized carbons (Fsp3) is 0.714. The number of urea groups is 1. The van der Waals surface area contributed by atoms with Crippen LogP contribution in [0.5, 0.6) is 0 Å². The second kappa shape index (κ2) is 9.40. The first-order chi connectivity index (χ1) is 12.2. The molecule has 0 spiro atoms. The van der Waals surface area contributed by atoms with Crippen LogP contribution < -0.4 is 5.43 Å². The van der Waals surface area contributed by atoms with Crippen molar-refractivity contribution in [1.82, 2.24) is 15.3 Å². The molecule has 0 radical (unpaired) electrons. The Morgan fingerprint density at radius 3 is 2.37 bits per heavy atom. The number of halogens is 3. The van der Waals surface area contributed by atoms with Crippen molar-refractivity contribution in [2.24, 2.45) is 0 Å². The maximum absolute atomic E-state index is 12.5. The molecule has 1 aliphatic heterocycles. The third kappa shape index (κ3) is 8.20. The topological polar surface area (TPSA) is 105 Å². The molecule has 0 saturated carbocycles. The standard InChI is InChI=1S/C14H20Cl3N3O6S/c1-8(9(21)27-13(2,3)4)20(12(24)26-7-14(15,16)17)18-10(22)19-5-6-25-11(19)23/h8H,5-7H2,1-4H3,(H,18,22)/t8-/m0/s1. The summed E-state index contributed by atoms with van der Waals surface area (Å²) >= 11 is 17.6. The van der Waals surface area contributed by atoms with Crippen LogP contribution >= 0.6 is 46.6 Å². The molecule has 154 valence electrons. The van der Waals surface area contributed by atoms with E-state index in [-0.39, 0.29) is 13.2 Å². The fourth-order valence-electron chi connectivity index (χ4n) is 1.75. The first kappa shape index (κ1) is 23.9. The lowest BCUT2D eigenvalue weighted by Crippen LogP contribution is -2.57. The largest absolute Gasteiger partial charge is 0.447 e. The number of nitrogens with zero attached hydrogens (tertiary/aromatic N) is 2. The van der Waals surface area contributed by atoms with Crippen LogP contribution in [0.25, 0.3) is 0 Å². The predicted octanol–water partition coefficient (Wildman–Crippen LogP) is 3.32. The summed E-state index contributed by atoms with van der Waals surface area (Å²) in [7, 11) is 0. The Bertz CT molecular complexity index is 608. The van der Waals surface area contributed by atoms with E-state index in [0.29, 0.717) is 5.01 Å². The van der Waals surface area contributed by atoms with Crippen molar-refractivity contribution in [1.29, 1.82) is 0 Å². The number of hydrogen-bond acceptors (Lipinski definition) is 7. The first-order valence-electron chi connectivity index (χ1n) is 7.72. The molecule has 0 aromatic heterocycles. The minimum absolute atomic E-state index is 0.000768. The number of thioether (sulfide) groups is 1. The van der Waals surface area contributed by atoms with Crippen LogP contribution in [-0.2, 0) is 14.3 Å². The predicted molar refractivity (Wildman–Crippen MR) is 102 cm³/mol. The Labute approximate surface area is 175 Å². The highest BCUT2D eigenvalue weighted by Gasteiger charge is 2.36. The average Bonchev–Trinajstić information content (AvgIpc) is 2.93. The van der Waals surface area contributed by atoms with E-state index in [4.69, 9.17) is 39.5 Å². The lowest BCUT2D eigenvalue weighted by molar-refractivity contribution is -0.115. The van der Waals surface area contributed by atoms with Crippen molar-refractivity contribution in [3.63, 3.8) is 0 Å². The second-order valence-corrected chi connectivity index (χ2v) is 10.8. The van der Waals surface area contributed by atoms with Gasteiger partial charge in [-0.05, 0) is 6.92 Å². The van der Waals surface area contributed by atoms with E-state index in [1.165, 1.54) is 6.92 Å². The fourth-order valence-corrected chi connectivity index (χ4v) is 2.79. The summed E-state index contributed by atoms with van der Waals surface area (Å²) in [5, 5.41) is 0.225. The number of imide groups is 1. The number of alkyl halides is 3. The van der Waals surface area contributed by atoms with Crippen molar-refractivity contribution < 1.29 is 28.7 Å². The van der Waals surface area contributed by atoms with E-state index in [0.717, 1.165) is 16.7 Å². The van der Waals surface area contributed by atoms with Gasteiger partial charge in [-0.3, -0.25) is 4.79 Å². The summed E-state index contributed by atoms with van der Waals surface area (Å²) in [6.07, 6.45) is -2.00. The monoisotopic (exact) mass is 463 g/mol. The summed E-state index contributed by atoms with van der Waals surface area (Å²) in [6, 6.07) is -2.08. The van der Waals surface area contributed by atoms with Gasteiger partial charge in [0, 0.05) is 4.75 Å². The van der Waals surface area contributed by atoms with E-state index in [2.05, 4.69) is 10.2 Å². The Morgan fingerprint density at radius 1 is 1.33 bits per heavy atom. The van der Waals surface area contributed by atoms with E-state index >= 15 is 0 Å². The van der Waals surface area contributed by atoms with Crippen LogP contribution in [0.15, 0.2) is 0 Å². The van der Waals surface area contributed by atoms with Gasteiger partial charge in [0.05, 0.1) is 6.54 Å². The number of rotatable bonds is 3. The molecule has 27 heavy (non-hydrogen) atoms. The minimum atomic E-state index is -1.88. The van der Waals surface area contributed by atoms with Crippen LogP contribution in [0.4, 0.5) is 14.4 Å². The number of amides is 4.